The highest BCUT2D eigenvalue weighted by atomic mass is 79.9. The summed E-state index contributed by atoms with van der Waals surface area (Å²) in [7, 11) is 0. The number of carbonyl (C=O) groups is 2. The maximum atomic E-state index is 12.1. The van der Waals surface area contributed by atoms with Gasteiger partial charge in [-0.1, -0.05) is 37.9 Å². The van der Waals surface area contributed by atoms with Gasteiger partial charge in [-0.2, -0.15) is 0 Å². The van der Waals surface area contributed by atoms with Crippen molar-refractivity contribution < 1.29 is 14.3 Å². The summed E-state index contributed by atoms with van der Waals surface area (Å²) in [4.78, 5) is 23.1. The van der Waals surface area contributed by atoms with Crippen LogP contribution in [0.4, 0.5) is 0 Å². The Morgan fingerprint density at radius 2 is 1.80 bits per heavy atom. The van der Waals surface area contributed by atoms with Gasteiger partial charge in [0.25, 0.3) is 0 Å². The minimum atomic E-state index is -0.530. The van der Waals surface area contributed by atoms with Gasteiger partial charge in [-0.3, -0.25) is 4.79 Å². The Morgan fingerprint density at radius 3 is 2.45 bits per heavy atom. The standard InChI is InChI=1S/C14H7Br3O3/c15-10-3-1-2-8(4-10)14(19)20-13-9(7-18)5-11(16)6-12(13)17/h1-7H. The molecule has 102 valence electrons. The molecule has 0 saturated heterocycles. The molecule has 6 heteroatoms. The first-order chi connectivity index (χ1) is 9.51. The lowest BCUT2D eigenvalue weighted by atomic mass is 10.2. The number of esters is 1. The van der Waals surface area contributed by atoms with Gasteiger partial charge in [-0.25, -0.2) is 4.79 Å². The Morgan fingerprint density at radius 1 is 1.05 bits per heavy atom. The zero-order valence-electron chi connectivity index (χ0n) is 9.90. The second-order valence-electron chi connectivity index (χ2n) is 3.82. The molecular weight excluding hydrogens is 456 g/mol. The van der Waals surface area contributed by atoms with Crippen molar-refractivity contribution in [2.75, 3.05) is 0 Å². The molecule has 0 radical (unpaired) electrons. The van der Waals surface area contributed by atoms with E-state index in [-0.39, 0.29) is 11.3 Å². The van der Waals surface area contributed by atoms with Crippen LogP contribution in [0.15, 0.2) is 49.8 Å². The van der Waals surface area contributed by atoms with Gasteiger partial charge in [-0.15, -0.1) is 0 Å². The highest BCUT2D eigenvalue weighted by Crippen LogP contribution is 2.32. The number of benzene rings is 2. The molecule has 0 aliphatic heterocycles. The Balaban J connectivity index is 2.35. The Kier molecular flexibility index (Phi) is 5.12. The smallest absolute Gasteiger partial charge is 0.343 e. The minimum absolute atomic E-state index is 0.202. The van der Waals surface area contributed by atoms with Crippen molar-refractivity contribution >= 4 is 60.0 Å². The second-order valence-corrected chi connectivity index (χ2v) is 6.51. The van der Waals surface area contributed by atoms with E-state index in [1.54, 1.807) is 30.3 Å². The van der Waals surface area contributed by atoms with E-state index in [1.165, 1.54) is 0 Å². The quantitative estimate of drug-likeness (QED) is 0.366. The summed E-state index contributed by atoms with van der Waals surface area (Å²) < 4.78 is 7.32. The molecule has 2 aromatic rings. The number of ether oxygens (including phenoxy) is 1. The van der Waals surface area contributed by atoms with Crippen LogP contribution < -0.4 is 4.74 Å². The Hall–Kier alpha value is -0.980. The van der Waals surface area contributed by atoms with Gasteiger partial charge in [0.2, 0.25) is 0 Å². The molecule has 0 unspecified atom stereocenters. The maximum absolute atomic E-state index is 12.1. The van der Waals surface area contributed by atoms with E-state index in [0.29, 0.717) is 20.8 Å². The predicted octanol–water partition coefficient (Wildman–Crippen LogP) is 5.01. The van der Waals surface area contributed by atoms with E-state index in [1.807, 2.05) is 6.07 Å². The van der Waals surface area contributed by atoms with Crippen molar-refractivity contribution in [3.8, 4) is 5.75 Å². The molecule has 3 nitrogen and oxygen atoms in total. The zero-order valence-corrected chi connectivity index (χ0v) is 14.7. The number of hydrogen-bond donors (Lipinski definition) is 0. The van der Waals surface area contributed by atoms with Crippen LogP contribution in [-0.2, 0) is 0 Å². The highest BCUT2D eigenvalue weighted by Gasteiger charge is 2.15. The number of aldehydes is 1. The summed E-state index contributed by atoms with van der Waals surface area (Å²) in [6.45, 7) is 0. The van der Waals surface area contributed by atoms with Crippen LogP contribution in [0.3, 0.4) is 0 Å². The SMILES string of the molecule is O=Cc1cc(Br)cc(Br)c1OC(=O)c1cccc(Br)c1. The molecule has 20 heavy (non-hydrogen) atoms. The molecular formula is C14H7Br3O3. The minimum Gasteiger partial charge on any atom is -0.421 e. The monoisotopic (exact) mass is 460 g/mol. The van der Waals surface area contributed by atoms with Gasteiger partial charge in [-0.05, 0) is 46.3 Å². The average Bonchev–Trinajstić information content (AvgIpc) is 2.41. The van der Waals surface area contributed by atoms with Crippen molar-refractivity contribution in [1.29, 1.82) is 0 Å². The van der Waals surface area contributed by atoms with E-state index in [2.05, 4.69) is 47.8 Å². The Bertz CT molecular complexity index is 683. The van der Waals surface area contributed by atoms with Crippen LogP contribution in [0.25, 0.3) is 0 Å². The molecule has 0 spiro atoms. The molecule has 0 bridgehead atoms. The maximum Gasteiger partial charge on any atom is 0.343 e. The lowest BCUT2D eigenvalue weighted by molar-refractivity contribution is 0.0732. The van der Waals surface area contributed by atoms with Crippen LogP contribution in [0.2, 0.25) is 0 Å². The predicted molar refractivity (Wildman–Crippen MR) is 86.3 cm³/mol. The Labute approximate surface area is 140 Å². The third-order valence-electron chi connectivity index (χ3n) is 2.42. The third-order valence-corrected chi connectivity index (χ3v) is 3.96. The van der Waals surface area contributed by atoms with Gasteiger partial charge in [0.1, 0.15) is 0 Å². The van der Waals surface area contributed by atoms with Crippen molar-refractivity contribution in [2.24, 2.45) is 0 Å². The van der Waals surface area contributed by atoms with Crippen LogP contribution in [0.1, 0.15) is 20.7 Å². The van der Waals surface area contributed by atoms with Gasteiger partial charge in [0.15, 0.2) is 12.0 Å². The summed E-state index contributed by atoms with van der Waals surface area (Å²) in [5, 5.41) is 0. The first-order valence-corrected chi connectivity index (χ1v) is 7.81. The summed E-state index contributed by atoms with van der Waals surface area (Å²) in [5.41, 5.74) is 0.681. The fraction of sp³-hybridized carbons (Fsp3) is 0. The second kappa shape index (κ2) is 6.65. The summed E-state index contributed by atoms with van der Waals surface area (Å²) in [6.07, 6.45) is 0.638. The lowest BCUT2D eigenvalue weighted by Gasteiger charge is -2.09. The first-order valence-electron chi connectivity index (χ1n) is 5.43. The van der Waals surface area contributed by atoms with Gasteiger partial charge < -0.3 is 4.74 Å². The zero-order chi connectivity index (χ0) is 14.7. The topological polar surface area (TPSA) is 43.4 Å². The van der Waals surface area contributed by atoms with Crippen LogP contribution in [0, 0.1) is 0 Å². The van der Waals surface area contributed by atoms with Crippen molar-refractivity contribution in [3.63, 3.8) is 0 Å². The number of carbonyl (C=O) groups excluding carboxylic acids is 2. The van der Waals surface area contributed by atoms with Crippen molar-refractivity contribution in [1.82, 2.24) is 0 Å². The van der Waals surface area contributed by atoms with Crippen LogP contribution >= 0.6 is 47.8 Å². The van der Waals surface area contributed by atoms with Gasteiger partial charge in [0, 0.05) is 8.95 Å². The molecule has 0 N–H and O–H groups in total. The fourth-order valence-corrected chi connectivity index (χ4v) is 3.28. The molecule has 0 aromatic heterocycles. The number of hydrogen-bond acceptors (Lipinski definition) is 3. The number of rotatable bonds is 3. The van der Waals surface area contributed by atoms with Gasteiger partial charge >= 0.3 is 5.97 Å². The molecule has 0 saturated carbocycles. The molecule has 0 heterocycles. The molecule has 0 fully saturated rings. The van der Waals surface area contributed by atoms with Gasteiger partial charge in [0.05, 0.1) is 15.6 Å². The van der Waals surface area contributed by atoms with E-state index < -0.39 is 5.97 Å². The van der Waals surface area contributed by atoms with Crippen molar-refractivity contribution in [3.05, 3.63) is 60.9 Å². The lowest BCUT2D eigenvalue weighted by Crippen LogP contribution is -2.10. The molecule has 2 rings (SSSR count). The molecule has 0 aliphatic rings. The van der Waals surface area contributed by atoms with E-state index >= 15 is 0 Å². The van der Waals surface area contributed by atoms with Crippen LogP contribution in [-0.4, -0.2) is 12.3 Å². The molecule has 0 amide bonds. The fourth-order valence-electron chi connectivity index (χ4n) is 1.54. The summed E-state index contributed by atoms with van der Waals surface area (Å²) in [5.74, 6) is -0.328. The van der Waals surface area contributed by atoms with E-state index in [0.717, 1.165) is 4.47 Å². The number of halogens is 3. The summed E-state index contributed by atoms with van der Waals surface area (Å²) >= 11 is 9.84. The molecule has 0 atom stereocenters. The first kappa shape index (κ1) is 15.4. The highest BCUT2D eigenvalue weighted by molar-refractivity contribution is 9.11. The van der Waals surface area contributed by atoms with Crippen molar-refractivity contribution in [2.45, 2.75) is 0 Å². The molecule has 0 aliphatic carbocycles. The van der Waals surface area contributed by atoms with E-state index in [4.69, 9.17) is 4.74 Å². The molecule has 2 aromatic carbocycles. The van der Waals surface area contributed by atoms with Crippen LogP contribution in [0.5, 0.6) is 5.75 Å². The normalized spacial score (nSPS) is 10.2. The average molecular weight is 463 g/mol. The third kappa shape index (κ3) is 3.56. The van der Waals surface area contributed by atoms with E-state index in [9.17, 15) is 9.59 Å². The summed E-state index contributed by atoms with van der Waals surface area (Å²) in [6, 6.07) is 10.1. The largest absolute Gasteiger partial charge is 0.421 e.